The van der Waals surface area contributed by atoms with Crippen molar-refractivity contribution >= 4 is 39.4 Å². The number of halogens is 1. The van der Waals surface area contributed by atoms with Gasteiger partial charge in [-0.2, -0.15) is 5.10 Å². The summed E-state index contributed by atoms with van der Waals surface area (Å²) < 4.78 is 1.04. The molecule has 1 amide bonds. The molecule has 0 radical (unpaired) electrons. The standard InChI is InChI=1S/C12H9BrN2OS/c13-11-7-6-10(17-11)8-14-15-12(16)9-4-2-1-3-5-9/h1-8H,(H,15,16)/b14-8+. The van der Waals surface area contributed by atoms with Crippen LogP contribution in [0, 0.1) is 0 Å². The molecule has 0 saturated heterocycles. The Bertz CT molecular complexity index is 536. The average molecular weight is 309 g/mol. The molecule has 5 heteroatoms. The zero-order valence-corrected chi connectivity index (χ0v) is 11.2. The van der Waals surface area contributed by atoms with Gasteiger partial charge in [0.05, 0.1) is 10.0 Å². The molecule has 1 N–H and O–H groups in total. The molecule has 1 heterocycles. The van der Waals surface area contributed by atoms with Gasteiger partial charge in [-0.3, -0.25) is 4.79 Å². The van der Waals surface area contributed by atoms with Crippen LogP contribution in [-0.2, 0) is 0 Å². The van der Waals surface area contributed by atoms with Gasteiger partial charge in [-0.25, -0.2) is 5.43 Å². The Balaban J connectivity index is 1.95. The van der Waals surface area contributed by atoms with Crippen molar-refractivity contribution in [1.29, 1.82) is 0 Å². The monoisotopic (exact) mass is 308 g/mol. The number of hydrogen-bond donors (Lipinski definition) is 1. The molecular weight excluding hydrogens is 300 g/mol. The van der Waals surface area contributed by atoms with Crippen LogP contribution < -0.4 is 5.43 Å². The predicted molar refractivity (Wildman–Crippen MR) is 73.5 cm³/mol. The number of nitrogens with one attached hydrogen (secondary N) is 1. The van der Waals surface area contributed by atoms with E-state index in [2.05, 4.69) is 26.5 Å². The number of thiophene rings is 1. The van der Waals surface area contributed by atoms with E-state index in [1.807, 2.05) is 30.3 Å². The molecule has 0 spiro atoms. The molecule has 2 aromatic rings. The molecule has 0 bridgehead atoms. The summed E-state index contributed by atoms with van der Waals surface area (Å²) in [7, 11) is 0. The number of benzene rings is 1. The van der Waals surface area contributed by atoms with Gasteiger partial charge in [0.1, 0.15) is 0 Å². The van der Waals surface area contributed by atoms with Gasteiger partial charge < -0.3 is 0 Å². The van der Waals surface area contributed by atoms with Crippen LogP contribution >= 0.6 is 27.3 Å². The minimum atomic E-state index is -0.211. The van der Waals surface area contributed by atoms with Crippen LogP contribution in [0.15, 0.2) is 51.4 Å². The summed E-state index contributed by atoms with van der Waals surface area (Å²) in [4.78, 5) is 12.6. The van der Waals surface area contributed by atoms with E-state index in [9.17, 15) is 4.79 Å². The van der Waals surface area contributed by atoms with Crippen molar-refractivity contribution in [2.75, 3.05) is 0 Å². The summed E-state index contributed by atoms with van der Waals surface area (Å²) in [5, 5.41) is 3.90. The third-order valence-corrected chi connectivity index (χ3v) is 3.55. The Morgan fingerprint density at radius 2 is 2.00 bits per heavy atom. The first-order valence-corrected chi connectivity index (χ1v) is 6.50. The van der Waals surface area contributed by atoms with Crippen molar-refractivity contribution in [3.8, 4) is 0 Å². The Labute approximate surface area is 111 Å². The second kappa shape index (κ2) is 5.75. The molecule has 0 aliphatic heterocycles. The number of carbonyl (C=O) groups excluding carboxylic acids is 1. The predicted octanol–water partition coefficient (Wildman–Crippen LogP) is 3.27. The number of rotatable bonds is 3. The third-order valence-electron chi connectivity index (χ3n) is 1.99. The van der Waals surface area contributed by atoms with E-state index in [1.54, 1.807) is 29.7 Å². The highest BCUT2D eigenvalue weighted by atomic mass is 79.9. The van der Waals surface area contributed by atoms with Gasteiger partial charge >= 0.3 is 0 Å². The summed E-state index contributed by atoms with van der Waals surface area (Å²) in [5.74, 6) is -0.211. The van der Waals surface area contributed by atoms with Crippen molar-refractivity contribution in [2.45, 2.75) is 0 Å². The van der Waals surface area contributed by atoms with Gasteiger partial charge in [0, 0.05) is 10.4 Å². The largest absolute Gasteiger partial charge is 0.271 e. The summed E-state index contributed by atoms with van der Waals surface area (Å²) >= 11 is 4.91. The van der Waals surface area contributed by atoms with E-state index in [4.69, 9.17) is 0 Å². The van der Waals surface area contributed by atoms with Crippen LogP contribution in [0.5, 0.6) is 0 Å². The normalized spacial score (nSPS) is 10.6. The highest BCUT2D eigenvalue weighted by Gasteiger charge is 2.01. The van der Waals surface area contributed by atoms with Crippen molar-refractivity contribution < 1.29 is 4.79 Å². The molecule has 1 aromatic heterocycles. The average Bonchev–Trinajstić information content (AvgIpc) is 2.76. The van der Waals surface area contributed by atoms with Gasteiger partial charge in [-0.15, -0.1) is 11.3 Å². The number of nitrogens with zero attached hydrogens (tertiary/aromatic N) is 1. The van der Waals surface area contributed by atoms with Crippen LogP contribution in [0.2, 0.25) is 0 Å². The first-order chi connectivity index (χ1) is 8.25. The van der Waals surface area contributed by atoms with Gasteiger partial charge in [0.25, 0.3) is 5.91 Å². The van der Waals surface area contributed by atoms with Gasteiger partial charge in [-0.1, -0.05) is 18.2 Å². The Kier molecular flexibility index (Phi) is 4.06. The number of amides is 1. The zero-order valence-electron chi connectivity index (χ0n) is 8.76. The Hall–Kier alpha value is -1.46. The molecule has 3 nitrogen and oxygen atoms in total. The molecule has 0 aliphatic rings. The van der Waals surface area contributed by atoms with Gasteiger partial charge in [-0.05, 0) is 40.2 Å². The lowest BCUT2D eigenvalue weighted by Crippen LogP contribution is -2.17. The number of hydrazone groups is 1. The molecule has 0 aliphatic carbocycles. The van der Waals surface area contributed by atoms with Crippen LogP contribution in [0.3, 0.4) is 0 Å². The first-order valence-electron chi connectivity index (χ1n) is 4.89. The molecule has 86 valence electrons. The maximum absolute atomic E-state index is 11.6. The van der Waals surface area contributed by atoms with Crippen LogP contribution in [0.4, 0.5) is 0 Å². The van der Waals surface area contributed by atoms with Gasteiger partial charge in [0.15, 0.2) is 0 Å². The molecule has 2 rings (SSSR count). The highest BCUT2D eigenvalue weighted by molar-refractivity contribution is 9.11. The van der Waals surface area contributed by atoms with E-state index in [0.717, 1.165) is 8.66 Å². The first kappa shape index (κ1) is 12.0. The van der Waals surface area contributed by atoms with Crippen molar-refractivity contribution in [3.05, 3.63) is 56.7 Å². The van der Waals surface area contributed by atoms with E-state index < -0.39 is 0 Å². The fraction of sp³-hybridized carbons (Fsp3) is 0. The molecule has 17 heavy (non-hydrogen) atoms. The zero-order chi connectivity index (χ0) is 12.1. The molecular formula is C12H9BrN2OS. The SMILES string of the molecule is O=C(N/N=C/c1ccc(Br)s1)c1ccccc1. The Morgan fingerprint density at radius 3 is 2.65 bits per heavy atom. The topological polar surface area (TPSA) is 41.5 Å². The van der Waals surface area contributed by atoms with Crippen LogP contribution in [0.25, 0.3) is 0 Å². The lowest BCUT2D eigenvalue weighted by Gasteiger charge is -1.97. The maximum atomic E-state index is 11.6. The van der Waals surface area contributed by atoms with E-state index in [1.165, 1.54) is 0 Å². The second-order valence-corrected chi connectivity index (χ2v) is 5.70. The number of hydrogen-bond acceptors (Lipinski definition) is 3. The fourth-order valence-corrected chi connectivity index (χ4v) is 2.50. The summed E-state index contributed by atoms with van der Waals surface area (Å²) in [6, 6.07) is 12.8. The maximum Gasteiger partial charge on any atom is 0.271 e. The molecule has 0 saturated carbocycles. The fourth-order valence-electron chi connectivity index (χ4n) is 1.21. The Morgan fingerprint density at radius 1 is 1.24 bits per heavy atom. The smallest absolute Gasteiger partial charge is 0.267 e. The molecule has 1 aromatic carbocycles. The van der Waals surface area contributed by atoms with Gasteiger partial charge in [0.2, 0.25) is 0 Å². The number of carbonyl (C=O) groups is 1. The van der Waals surface area contributed by atoms with Crippen molar-refractivity contribution in [1.82, 2.24) is 5.43 Å². The lowest BCUT2D eigenvalue weighted by molar-refractivity contribution is 0.0955. The van der Waals surface area contributed by atoms with E-state index in [-0.39, 0.29) is 5.91 Å². The quantitative estimate of drug-likeness (QED) is 0.686. The van der Waals surface area contributed by atoms with Crippen LogP contribution in [0.1, 0.15) is 15.2 Å². The molecule has 0 atom stereocenters. The minimum Gasteiger partial charge on any atom is -0.267 e. The second-order valence-electron chi connectivity index (χ2n) is 3.21. The van der Waals surface area contributed by atoms with Crippen molar-refractivity contribution in [3.63, 3.8) is 0 Å². The highest BCUT2D eigenvalue weighted by Crippen LogP contribution is 2.20. The van der Waals surface area contributed by atoms with Crippen molar-refractivity contribution in [2.24, 2.45) is 5.10 Å². The van der Waals surface area contributed by atoms with Crippen LogP contribution in [-0.4, -0.2) is 12.1 Å². The summed E-state index contributed by atoms with van der Waals surface area (Å²) in [5.41, 5.74) is 3.07. The molecule has 0 unspecified atom stereocenters. The summed E-state index contributed by atoms with van der Waals surface area (Å²) in [6.45, 7) is 0. The summed E-state index contributed by atoms with van der Waals surface area (Å²) in [6.07, 6.45) is 1.62. The van der Waals surface area contributed by atoms with E-state index in [0.29, 0.717) is 5.56 Å². The lowest BCUT2D eigenvalue weighted by atomic mass is 10.2. The van der Waals surface area contributed by atoms with E-state index >= 15 is 0 Å². The molecule has 0 fully saturated rings. The minimum absolute atomic E-state index is 0.211. The third kappa shape index (κ3) is 3.51.